The maximum atomic E-state index is 14.2. The summed E-state index contributed by atoms with van der Waals surface area (Å²) in [4.78, 5) is 67.5. The highest BCUT2D eigenvalue weighted by Crippen LogP contribution is 2.58. The van der Waals surface area contributed by atoms with Crippen molar-refractivity contribution in [3.63, 3.8) is 0 Å². The second kappa shape index (κ2) is 18.2. The normalized spacial score (nSPS) is 24.6. The summed E-state index contributed by atoms with van der Waals surface area (Å²) >= 11 is 1.34. The number of carboxylic acids is 2. The molecule has 0 aromatic carbocycles. The van der Waals surface area contributed by atoms with Crippen molar-refractivity contribution < 1.29 is 54.2 Å². The van der Waals surface area contributed by atoms with E-state index in [1.165, 1.54) is 17.3 Å². The van der Waals surface area contributed by atoms with Gasteiger partial charge in [0.15, 0.2) is 0 Å². The summed E-state index contributed by atoms with van der Waals surface area (Å²) in [5.74, 6) is -5.70. The van der Waals surface area contributed by atoms with E-state index in [1.54, 1.807) is 12.4 Å². The number of hydrogen-bond acceptors (Lipinski definition) is 12. The van der Waals surface area contributed by atoms with Crippen LogP contribution in [0.2, 0.25) is 0 Å². The first-order valence-corrected chi connectivity index (χ1v) is 19.8. The predicted octanol–water partition coefficient (Wildman–Crippen LogP) is 2.28. The van der Waals surface area contributed by atoms with Gasteiger partial charge in [0.25, 0.3) is 0 Å². The number of pyridine rings is 1. The molecule has 1 spiro atoms. The Bertz CT molecular complexity index is 1630. The lowest BCUT2D eigenvalue weighted by atomic mass is 9.67. The summed E-state index contributed by atoms with van der Waals surface area (Å²) in [6.45, 7) is -0.0304. The monoisotopic (exact) mass is 772 g/mol. The van der Waals surface area contributed by atoms with Gasteiger partial charge in [-0.2, -0.15) is 0 Å². The fourth-order valence-electron chi connectivity index (χ4n) is 8.64. The van der Waals surface area contributed by atoms with Crippen molar-refractivity contribution >= 4 is 41.5 Å². The summed E-state index contributed by atoms with van der Waals surface area (Å²) in [6, 6.07) is 2.54. The lowest BCUT2D eigenvalue weighted by molar-refractivity contribution is -0.159. The molecule has 6 atom stereocenters. The Morgan fingerprint density at radius 2 is 1.74 bits per heavy atom. The third-order valence-corrected chi connectivity index (χ3v) is 12.9. The number of thioether (sulfide) groups is 1. The van der Waals surface area contributed by atoms with E-state index in [1.807, 2.05) is 17.4 Å². The maximum absolute atomic E-state index is 14.2. The van der Waals surface area contributed by atoms with Crippen molar-refractivity contribution in [2.24, 2.45) is 23.0 Å². The molecule has 3 aliphatic carbocycles. The Labute approximate surface area is 318 Å². The summed E-state index contributed by atoms with van der Waals surface area (Å²) < 4.78 is 6.40. The second-order valence-corrected chi connectivity index (χ2v) is 16.2. The highest BCUT2D eigenvalue weighted by molar-refractivity contribution is 8.00. The van der Waals surface area contributed by atoms with Gasteiger partial charge < -0.3 is 40.9 Å². The molecule has 296 valence electrons. The first kappa shape index (κ1) is 41.3. The van der Waals surface area contributed by atoms with E-state index in [0.29, 0.717) is 25.0 Å². The molecular weight excluding hydrogens is 721 g/mol. The van der Waals surface area contributed by atoms with Crippen LogP contribution in [0.4, 0.5) is 0 Å². The molecule has 1 aliphatic heterocycles. The first-order chi connectivity index (χ1) is 25.8. The lowest BCUT2D eigenvalue weighted by Gasteiger charge is -2.40. The first-order valence-electron chi connectivity index (χ1n) is 18.8. The fraction of sp³-hybridized carbons (Fsp3) is 0.632. The largest absolute Gasteiger partial charge is 0.478 e. The Balaban J connectivity index is 1.53. The summed E-state index contributed by atoms with van der Waals surface area (Å²) in [6.07, 6.45) is 10.8. The number of nitrogens with one attached hydrogen (secondary N) is 2. The molecule has 0 bridgehead atoms. The van der Waals surface area contributed by atoms with E-state index in [0.717, 1.165) is 80.9 Å². The van der Waals surface area contributed by atoms with Crippen molar-refractivity contribution in [1.29, 1.82) is 0 Å². The number of aromatic nitrogens is 1. The van der Waals surface area contributed by atoms with Crippen molar-refractivity contribution in [2.45, 2.75) is 120 Å². The van der Waals surface area contributed by atoms with Crippen LogP contribution in [0, 0.1) is 17.3 Å². The van der Waals surface area contributed by atoms with E-state index in [9.17, 15) is 44.4 Å². The number of aliphatic carboxylic acids is 2. The molecule has 54 heavy (non-hydrogen) atoms. The molecule has 15 nitrogen and oxygen atoms in total. The molecule has 1 fully saturated rings. The molecule has 1 aromatic heterocycles. The number of nitrogens with zero attached hydrogens (tertiary/aromatic N) is 1. The zero-order valence-corrected chi connectivity index (χ0v) is 31.2. The average molecular weight is 773 g/mol. The zero-order valence-electron chi connectivity index (χ0n) is 30.3. The molecule has 5 rings (SSSR count). The summed E-state index contributed by atoms with van der Waals surface area (Å²) in [7, 11) is 0. The molecule has 2 amide bonds. The van der Waals surface area contributed by atoms with Gasteiger partial charge in [0, 0.05) is 37.6 Å². The Hall–Kier alpha value is -3.83. The van der Waals surface area contributed by atoms with Crippen molar-refractivity contribution in [1.82, 2.24) is 15.6 Å². The van der Waals surface area contributed by atoms with Gasteiger partial charge in [0.1, 0.15) is 17.7 Å². The molecule has 1 saturated carbocycles. The van der Waals surface area contributed by atoms with E-state index in [-0.39, 0.29) is 29.7 Å². The standard InChI is InChI=1S/C38H52N4O11S/c39-38(52,36(50)51)15-9-27(44)41-26(32(45)42-33(46)34(47)48)21-54-31-30-28-23(7-2-1-3-12-37(31)13-4-5-14-37)20-24(19-22-10-16-40-17-11-22)25(8-6-18-43)29(28)35(49)53-30/h10-11,16-17,23,26,29,31,33,43,46,52H,1-9,12-15,18-21,39H2,(H,41,44)(H,42,45)(H,47,48)(H,50,51)/t23-,26-,29-,31?,33-,38+/m0/s1. The van der Waals surface area contributed by atoms with Crippen LogP contribution in [-0.2, 0) is 35.1 Å². The van der Waals surface area contributed by atoms with Gasteiger partial charge in [-0.15, -0.1) is 11.8 Å². The molecule has 1 aromatic rings. The number of ether oxygens (including phenoxy) is 1. The number of carbonyl (C=O) groups excluding carboxylic acids is 3. The summed E-state index contributed by atoms with van der Waals surface area (Å²) in [5, 5.41) is 52.3. The van der Waals surface area contributed by atoms with Gasteiger partial charge in [-0.25, -0.2) is 9.59 Å². The molecule has 4 aliphatic rings. The highest BCUT2D eigenvalue weighted by Gasteiger charge is 2.53. The minimum Gasteiger partial charge on any atom is -0.478 e. The van der Waals surface area contributed by atoms with Crippen molar-refractivity contribution in [3.8, 4) is 0 Å². The van der Waals surface area contributed by atoms with Gasteiger partial charge >= 0.3 is 17.9 Å². The fourth-order valence-corrected chi connectivity index (χ4v) is 10.3. The van der Waals surface area contributed by atoms with Gasteiger partial charge in [-0.1, -0.05) is 43.3 Å². The van der Waals surface area contributed by atoms with Crippen LogP contribution in [0.25, 0.3) is 0 Å². The smallest absolute Gasteiger partial charge is 0.353 e. The summed E-state index contributed by atoms with van der Waals surface area (Å²) in [5.41, 5.74) is 6.59. The third kappa shape index (κ3) is 9.69. The number of aliphatic hydroxyl groups excluding tert-OH is 2. The Morgan fingerprint density at radius 1 is 1.06 bits per heavy atom. The Morgan fingerprint density at radius 3 is 2.39 bits per heavy atom. The van der Waals surface area contributed by atoms with Gasteiger partial charge in [0.05, 0.1) is 5.25 Å². The maximum Gasteiger partial charge on any atom is 0.353 e. The van der Waals surface area contributed by atoms with Crippen LogP contribution in [0.15, 0.2) is 47.0 Å². The SMILES string of the molecule is N[C@@](O)(CCC(=O)N[C@@H](CSC1C2=C3[C@@H](CCCCCC14CCCC4)CC(Cc1ccncc1)=C(CCCO)[C@@H]3C(=O)O2)C(=O)N[C@@H](O)C(=O)O)C(=O)O. The van der Waals surface area contributed by atoms with Crippen molar-refractivity contribution in [3.05, 3.63) is 52.6 Å². The van der Waals surface area contributed by atoms with Gasteiger partial charge in [-0.3, -0.25) is 25.1 Å². The van der Waals surface area contributed by atoms with Crippen LogP contribution in [0.3, 0.4) is 0 Å². The van der Waals surface area contributed by atoms with E-state index >= 15 is 0 Å². The molecular formula is C38H52N4O11S. The number of esters is 1. The molecule has 16 heteroatoms. The third-order valence-electron chi connectivity index (χ3n) is 11.4. The minimum absolute atomic E-state index is 0.0274. The number of nitrogens with two attached hydrogens (primary N) is 1. The van der Waals surface area contributed by atoms with E-state index in [4.69, 9.17) is 15.6 Å². The lowest BCUT2D eigenvalue weighted by Crippen LogP contribution is -2.54. The quantitative estimate of drug-likeness (QED) is 0.0682. The molecule has 9 N–H and O–H groups in total. The minimum atomic E-state index is -2.69. The molecule has 2 heterocycles. The number of hydrogen-bond donors (Lipinski definition) is 8. The van der Waals surface area contributed by atoms with Crippen molar-refractivity contribution in [2.75, 3.05) is 12.4 Å². The number of allylic oxidation sites excluding steroid dienone is 1. The molecule has 1 unspecified atom stereocenters. The predicted molar refractivity (Wildman–Crippen MR) is 196 cm³/mol. The van der Waals surface area contributed by atoms with Crippen LogP contribution in [0.5, 0.6) is 0 Å². The van der Waals surface area contributed by atoms with Crippen LogP contribution in [-0.4, -0.2) is 95.8 Å². The van der Waals surface area contributed by atoms with Crippen LogP contribution >= 0.6 is 11.8 Å². The number of amides is 2. The zero-order chi connectivity index (χ0) is 39.0. The second-order valence-electron chi connectivity index (χ2n) is 15.0. The van der Waals surface area contributed by atoms with E-state index < -0.39 is 65.8 Å². The van der Waals surface area contributed by atoms with Gasteiger partial charge in [-0.05, 0) is 86.0 Å². The average Bonchev–Trinajstić information content (AvgIpc) is 3.75. The number of carbonyl (C=O) groups is 5. The number of aliphatic hydroxyl groups is 3. The topological polar surface area (TPSA) is 259 Å². The molecule has 0 radical (unpaired) electrons. The number of rotatable bonds is 16. The van der Waals surface area contributed by atoms with Gasteiger partial charge in [0.2, 0.25) is 23.8 Å². The van der Waals surface area contributed by atoms with Crippen LogP contribution < -0.4 is 16.4 Å². The molecule has 0 saturated heterocycles. The van der Waals surface area contributed by atoms with Crippen LogP contribution in [0.1, 0.15) is 95.5 Å². The number of carboxylic acid groups (broad SMARTS) is 2. The van der Waals surface area contributed by atoms with E-state index in [2.05, 4.69) is 10.3 Å². The highest BCUT2D eigenvalue weighted by atomic mass is 32.2. The Kier molecular flexibility index (Phi) is 13.9.